The highest BCUT2D eigenvalue weighted by Crippen LogP contribution is 2.32. The van der Waals surface area contributed by atoms with E-state index in [2.05, 4.69) is 20.4 Å². The monoisotopic (exact) mass is 454 g/mol. The predicted octanol–water partition coefficient (Wildman–Crippen LogP) is 4.08. The Morgan fingerprint density at radius 1 is 1.12 bits per heavy atom. The Bertz CT molecular complexity index is 1290. The Morgan fingerprint density at radius 2 is 1.91 bits per heavy atom. The summed E-state index contributed by atoms with van der Waals surface area (Å²) in [4.78, 5) is 20.7. The van der Waals surface area contributed by atoms with E-state index in [1.54, 1.807) is 35.0 Å². The van der Waals surface area contributed by atoms with Crippen molar-refractivity contribution in [1.29, 1.82) is 0 Å². The van der Waals surface area contributed by atoms with Crippen molar-refractivity contribution in [3.63, 3.8) is 0 Å². The molecule has 170 valence electrons. The highest BCUT2D eigenvalue weighted by molar-refractivity contribution is 5.77. The molecule has 0 bridgehead atoms. The van der Waals surface area contributed by atoms with E-state index >= 15 is 0 Å². The number of imidazole rings is 2. The van der Waals surface area contributed by atoms with Crippen molar-refractivity contribution in [2.75, 3.05) is 0 Å². The zero-order valence-electron chi connectivity index (χ0n) is 17.6. The number of alkyl halides is 2. The van der Waals surface area contributed by atoms with Crippen molar-refractivity contribution in [2.24, 2.45) is 5.92 Å². The van der Waals surface area contributed by atoms with E-state index in [0.717, 1.165) is 12.8 Å². The Hall–Kier alpha value is -3.69. The first-order chi connectivity index (χ1) is 16.0. The van der Waals surface area contributed by atoms with Gasteiger partial charge in [-0.2, -0.15) is 5.10 Å². The van der Waals surface area contributed by atoms with Gasteiger partial charge < -0.3 is 9.88 Å². The van der Waals surface area contributed by atoms with Crippen molar-refractivity contribution >= 4 is 11.6 Å². The van der Waals surface area contributed by atoms with E-state index in [-0.39, 0.29) is 12.5 Å². The summed E-state index contributed by atoms with van der Waals surface area (Å²) in [7, 11) is 0. The summed E-state index contributed by atoms with van der Waals surface area (Å²) in [5.41, 5.74) is 3.03. The van der Waals surface area contributed by atoms with Crippen LogP contribution in [0.15, 0.2) is 48.9 Å². The lowest BCUT2D eigenvalue weighted by Gasteiger charge is -2.11. The van der Waals surface area contributed by atoms with E-state index in [9.17, 15) is 18.0 Å². The molecule has 33 heavy (non-hydrogen) atoms. The molecule has 0 saturated heterocycles. The van der Waals surface area contributed by atoms with Crippen LogP contribution < -0.4 is 5.32 Å². The first-order valence-corrected chi connectivity index (χ1v) is 10.7. The maximum absolute atomic E-state index is 13.4. The van der Waals surface area contributed by atoms with Crippen LogP contribution in [0.4, 0.5) is 13.2 Å². The van der Waals surface area contributed by atoms with Crippen molar-refractivity contribution in [2.45, 2.75) is 38.8 Å². The second-order valence-corrected chi connectivity index (χ2v) is 8.15. The number of rotatable bonds is 8. The fourth-order valence-corrected chi connectivity index (χ4v) is 3.77. The maximum atomic E-state index is 13.4. The fraction of sp³-hybridized carbons (Fsp3) is 0.304. The van der Waals surface area contributed by atoms with Crippen molar-refractivity contribution in [3.05, 3.63) is 60.4 Å². The quantitative estimate of drug-likeness (QED) is 0.435. The normalized spacial score (nSPS) is 13.7. The number of nitrogens with zero attached hydrogens (tertiary/aromatic N) is 5. The van der Waals surface area contributed by atoms with Crippen molar-refractivity contribution in [1.82, 2.24) is 29.5 Å². The number of nitrogens with one attached hydrogen (secondary N) is 1. The molecule has 0 radical (unpaired) electrons. The number of benzene rings is 1. The van der Waals surface area contributed by atoms with Crippen LogP contribution in [0.3, 0.4) is 0 Å². The molecule has 1 N–H and O–H groups in total. The molecule has 4 aromatic rings. The van der Waals surface area contributed by atoms with Gasteiger partial charge in [0.15, 0.2) is 5.65 Å². The van der Waals surface area contributed by atoms with Gasteiger partial charge in [0.05, 0.1) is 42.7 Å². The number of hydrogen-bond donors (Lipinski definition) is 1. The summed E-state index contributed by atoms with van der Waals surface area (Å²) in [6, 6.07) is 9.09. The van der Waals surface area contributed by atoms with Crippen LogP contribution in [0, 0.1) is 11.7 Å². The molecule has 3 aromatic heterocycles. The highest BCUT2D eigenvalue weighted by atomic mass is 19.3. The minimum atomic E-state index is -2.59. The van der Waals surface area contributed by atoms with Gasteiger partial charge in [0, 0.05) is 12.0 Å². The van der Waals surface area contributed by atoms with Gasteiger partial charge in [-0.15, -0.1) is 0 Å². The first kappa shape index (κ1) is 21.2. The standard InChI is InChI=1S/C23H21F3N6O/c24-16-5-3-15(4-6-16)22-23(31(13-29-22)12-19(25)26)18-7-8-20-27-10-17(32(20)30-18)11-28-21(33)9-14-1-2-14/h3-8,10,13-14,19H,1-2,9,11-12H2,(H,28,33). The summed E-state index contributed by atoms with van der Waals surface area (Å²) >= 11 is 0. The third-order valence-electron chi connectivity index (χ3n) is 5.60. The third kappa shape index (κ3) is 4.59. The average molecular weight is 454 g/mol. The Balaban J connectivity index is 1.51. The van der Waals surface area contributed by atoms with E-state index < -0.39 is 18.8 Å². The number of carbonyl (C=O) groups excluding carboxylic acids is 1. The summed E-state index contributed by atoms with van der Waals surface area (Å²) in [5, 5.41) is 7.51. The Labute approximate surface area is 187 Å². The summed E-state index contributed by atoms with van der Waals surface area (Å²) in [6.45, 7) is -0.304. The number of carbonyl (C=O) groups is 1. The molecule has 0 aliphatic heterocycles. The fourth-order valence-electron chi connectivity index (χ4n) is 3.77. The molecule has 1 fully saturated rings. The van der Waals surface area contributed by atoms with Crippen LogP contribution in [0.25, 0.3) is 28.3 Å². The number of halogens is 3. The largest absolute Gasteiger partial charge is 0.350 e. The van der Waals surface area contributed by atoms with Crippen LogP contribution in [-0.2, 0) is 17.9 Å². The van der Waals surface area contributed by atoms with Gasteiger partial charge in [0.1, 0.15) is 11.5 Å². The number of aromatic nitrogens is 5. The first-order valence-electron chi connectivity index (χ1n) is 10.7. The molecule has 5 rings (SSSR count). The Morgan fingerprint density at radius 3 is 2.64 bits per heavy atom. The van der Waals surface area contributed by atoms with Gasteiger partial charge in [-0.1, -0.05) is 0 Å². The van der Waals surface area contributed by atoms with Crippen molar-refractivity contribution < 1.29 is 18.0 Å². The molecule has 1 amide bonds. The second-order valence-electron chi connectivity index (χ2n) is 8.15. The lowest BCUT2D eigenvalue weighted by Crippen LogP contribution is -2.23. The number of fused-ring (bicyclic) bond motifs is 1. The van der Waals surface area contributed by atoms with E-state index in [1.165, 1.54) is 23.0 Å². The van der Waals surface area contributed by atoms with E-state index in [0.29, 0.717) is 46.3 Å². The third-order valence-corrected chi connectivity index (χ3v) is 5.60. The van der Waals surface area contributed by atoms with Crippen LogP contribution in [0.5, 0.6) is 0 Å². The zero-order valence-corrected chi connectivity index (χ0v) is 17.6. The van der Waals surface area contributed by atoms with Gasteiger partial charge >= 0.3 is 0 Å². The molecule has 1 aliphatic rings. The molecular formula is C23H21F3N6O. The molecule has 1 saturated carbocycles. The molecular weight excluding hydrogens is 433 g/mol. The van der Waals surface area contributed by atoms with Crippen molar-refractivity contribution in [3.8, 4) is 22.6 Å². The van der Waals surface area contributed by atoms with Gasteiger partial charge in [-0.05, 0) is 55.2 Å². The van der Waals surface area contributed by atoms with Gasteiger partial charge in [-0.3, -0.25) is 4.79 Å². The molecule has 0 atom stereocenters. The number of hydrogen-bond acceptors (Lipinski definition) is 4. The van der Waals surface area contributed by atoms with Gasteiger partial charge in [0.25, 0.3) is 6.43 Å². The van der Waals surface area contributed by atoms with Gasteiger partial charge in [-0.25, -0.2) is 27.7 Å². The smallest absolute Gasteiger partial charge is 0.256 e. The average Bonchev–Trinajstić information content (AvgIpc) is 3.36. The summed E-state index contributed by atoms with van der Waals surface area (Å²) < 4.78 is 42.8. The number of amides is 1. The molecule has 1 aromatic carbocycles. The molecule has 0 unspecified atom stereocenters. The molecule has 7 nitrogen and oxygen atoms in total. The van der Waals surface area contributed by atoms with Crippen LogP contribution >= 0.6 is 0 Å². The van der Waals surface area contributed by atoms with Gasteiger partial charge in [0.2, 0.25) is 5.91 Å². The molecule has 0 spiro atoms. The molecule has 1 aliphatic carbocycles. The lowest BCUT2D eigenvalue weighted by atomic mass is 10.1. The summed E-state index contributed by atoms with van der Waals surface area (Å²) in [5.74, 6) is 0.0628. The van der Waals surface area contributed by atoms with E-state index in [1.807, 2.05) is 0 Å². The maximum Gasteiger partial charge on any atom is 0.256 e. The Kier molecular flexibility index (Phi) is 5.57. The lowest BCUT2D eigenvalue weighted by molar-refractivity contribution is -0.121. The van der Waals surface area contributed by atoms with Crippen LogP contribution in [-0.4, -0.2) is 36.5 Å². The van der Waals surface area contributed by atoms with Crippen LogP contribution in [0.2, 0.25) is 0 Å². The van der Waals surface area contributed by atoms with Crippen LogP contribution in [0.1, 0.15) is 25.0 Å². The van der Waals surface area contributed by atoms with E-state index in [4.69, 9.17) is 0 Å². The minimum absolute atomic E-state index is 0.0165. The second kappa shape index (κ2) is 8.68. The molecule has 10 heteroatoms. The highest BCUT2D eigenvalue weighted by Gasteiger charge is 2.24. The predicted molar refractivity (Wildman–Crippen MR) is 115 cm³/mol. The summed E-state index contributed by atoms with van der Waals surface area (Å²) in [6.07, 6.45) is 3.07. The zero-order chi connectivity index (χ0) is 22.9. The minimum Gasteiger partial charge on any atom is -0.350 e. The topological polar surface area (TPSA) is 77.1 Å². The SMILES string of the molecule is O=C(CC1CC1)NCc1cnc2ccc(-c3c(-c4ccc(F)cc4)ncn3CC(F)F)nn12. The molecule has 3 heterocycles.